The zero-order valence-electron chi connectivity index (χ0n) is 8.43. The fourth-order valence-electron chi connectivity index (χ4n) is 1.33. The zero-order valence-corrected chi connectivity index (χ0v) is 10.6. The van der Waals surface area contributed by atoms with E-state index in [4.69, 9.17) is 0 Å². The predicted octanol–water partition coefficient (Wildman–Crippen LogP) is 2.51. The summed E-state index contributed by atoms with van der Waals surface area (Å²) in [5.41, 5.74) is 1.57. The van der Waals surface area contributed by atoms with E-state index < -0.39 is 0 Å². The van der Waals surface area contributed by atoms with Crippen molar-refractivity contribution in [3.63, 3.8) is 0 Å². The normalized spacial score (nSPS) is 10.1. The molecule has 16 heavy (non-hydrogen) atoms. The Balaban J connectivity index is 2.11. The van der Waals surface area contributed by atoms with Gasteiger partial charge in [-0.2, -0.15) is 0 Å². The van der Waals surface area contributed by atoms with Gasteiger partial charge < -0.3 is 0 Å². The molecule has 0 aliphatic heterocycles. The molecule has 0 aliphatic rings. The minimum Gasteiger partial charge on any atom is -0.294 e. The molecule has 0 N–H and O–H groups in total. The molecule has 0 radical (unpaired) electrons. The molecule has 0 unspecified atom stereocenters. The first-order chi connectivity index (χ1) is 7.75. The summed E-state index contributed by atoms with van der Waals surface area (Å²) in [6.45, 7) is 0. The number of hydrogen-bond acceptors (Lipinski definition) is 3. The number of halogens is 1. The smallest absolute Gasteiger partial charge is 0.170 e. The van der Waals surface area contributed by atoms with E-state index in [2.05, 4.69) is 32.6 Å². The van der Waals surface area contributed by atoms with E-state index in [1.807, 2.05) is 24.3 Å². The molecular weight excluding hydrogens is 315 g/mol. The third kappa shape index (κ3) is 2.85. The molecule has 0 fully saturated rings. The van der Waals surface area contributed by atoms with Crippen LogP contribution in [0.15, 0.2) is 43.0 Å². The predicted molar refractivity (Wildman–Crippen MR) is 69.2 cm³/mol. The number of ketones is 1. The number of carbonyl (C=O) groups is 1. The van der Waals surface area contributed by atoms with Gasteiger partial charge in [0, 0.05) is 22.4 Å². The Hall–Kier alpha value is -1.30. The Morgan fingerprint density at radius 3 is 2.38 bits per heavy atom. The van der Waals surface area contributed by atoms with E-state index in [1.54, 1.807) is 12.4 Å². The number of rotatable bonds is 3. The van der Waals surface area contributed by atoms with Gasteiger partial charge in [0.15, 0.2) is 5.78 Å². The Morgan fingerprint density at radius 1 is 1.12 bits per heavy atom. The number of Topliss-reactive ketones (excluding diaryl/α,β-unsaturated/α-hetero) is 1. The van der Waals surface area contributed by atoms with Gasteiger partial charge in [-0.25, -0.2) is 9.97 Å². The molecule has 0 saturated carbocycles. The summed E-state index contributed by atoms with van der Waals surface area (Å²) in [5, 5.41) is 0. The Kier molecular flexibility index (Phi) is 3.61. The Labute approximate surface area is 107 Å². The average molecular weight is 324 g/mol. The molecule has 0 saturated heterocycles. The van der Waals surface area contributed by atoms with E-state index in [9.17, 15) is 4.79 Å². The minimum absolute atomic E-state index is 0.0433. The number of carbonyl (C=O) groups excluding carboxylic acids is 1. The van der Waals surface area contributed by atoms with Crippen LogP contribution in [0.5, 0.6) is 0 Å². The zero-order chi connectivity index (χ0) is 11.4. The van der Waals surface area contributed by atoms with Crippen LogP contribution < -0.4 is 0 Å². The topological polar surface area (TPSA) is 42.9 Å². The standard InChI is InChI=1S/C12H9IN2O/c13-11-3-1-9(2-4-11)5-12(16)10-6-14-8-15-7-10/h1-4,6-8H,5H2. The van der Waals surface area contributed by atoms with Crippen LogP contribution in [0, 0.1) is 3.57 Å². The maximum absolute atomic E-state index is 11.8. The highest BCUT2D eigenvalue weighted by atomic mass is 127. The van der Waals surface area contributed by atoms with Crippen LogP contribution in [0.1, 0.15) is 15.9 Å². The molecule has 4 heteroatoms. The third-order valence-corrected chi connectivity index (χ3v) is 2.88. The van der Waals surface area contributed by atoms with Crippen LogP contribution in [0.3, 0.4) is 0 Å². The van der Waals surface area contributed by atoms with Crippen molar-refractivity contribution in [3.05, 3.63) is 57.7 Å². The lowest BCUT2D eigenvalue weighted by atomic mass is 10.1. The van der Waals surface area contributed by atoms with Gasteiger partial charge in [0.2, 0.25) is 0 Å². The molecule has 1 heterocycles. The molecule has 0 atom stereocenters. The molecule has 1 aromatic heterocycles. The average Bonchev–Trinajstić information content (AvgIpc) is 2.33. The summed E-state index contributed by atoms with van der Waals surface area (Å²) in [6, 6.07) is 7.91. The van der Waals surface area contributed by atoms with Crippen molar-refractivity contribution in [2.45, 2.75) is 6.42 Å². The number of nitrogens with zero attached hydrogens (tertiary/aromatic N) is 2. The van der Waals surface area contributed by atoms with Crippen LogP contribution >= 0.6 is 22.6 Å². The summed E-state index contributed by atoms with van der Waals surface area (Å²) in [4.78, 5) is 19.5. The summed E-state index contributed by atoms with van der Waals surface area (Å²) in [6.07, 6.45) is 4.90. The molecule has 0 spiro atoms. The first kappa shape index (κ1) is 11.2. The quantitative estimate of drug-likeness (QED) is 0.644. The van der Waals surface area contributed by atoms with Crippen LogP contribution in [-0.4, -0.2) is 15.8 Å². The SMILES string of the molecule is O=C(Cc1ccc(I)cc1)c1cncnc1. The van der Waals surface area contributed by atoms with Crippen molar-refractivity contribution >= 4 is 28.4 Å². The second kappa shape index (κ2) is 5.16. The first-order valence-electron chi connectivity index (χ1n) is 4.78. The second-order valence-electron chi connectivity index (χ2n) is 3.35. The molecular formula is C12H9IN2O. The third-order valence-electron chi connectivity index (χ3n) is 2.16. The lowest BCUT2D eigenvalue weighted by Crippen LogP contribution is -2.04. The number of hydrogen-bond donors (Lipinski definition) is 0. The monoisotopic (exact) mass is 324 g/mol. The summed E-state index contributed by atoms with van der Waals surface area (Å²) >= 11 is 2.24. The van der Waals surface area contributed by atoms with Crippen molar-refractivity contribution in [1.29, 1.82) is 0 Å². The van der Waals surface area contributed by atoms with Gasteiger partial charge in [-0.1, -0.05) is 12.1 Å². The molecule has 0 bridgehead atoms. The minimum atomic E-state index is 0.0433. The van der Waals surface area contributed by atoms with E-state index in [0.29, 0.717) is 12.0 Å². The van der Waals surface area contributed by atoms with Crippen molar-refractivity contribution in [3.8, 4) is 0 Å². The summed E-state index contributed by atoms with van der Waals surface area (Å²) in [7, 11) is 0. The van der Waals surface area contributed by atoms with Gasteiger partial charge in [0.25, 0.3) is 0 Å². The highest BCUT2D eigenvalue weighted by molar-refractivity contribution is 14.1. The van der Waals surface area contributed by atoms with Crippen LogP contribution in [-0.2, 0) is 6.42 Å². The molecule has 3 nitrogen and oxygen atoms in total. The largest absolute Gasteiger partial charge is 0.294 e. The fourth-order valence-corrected chi connectivity index (χ4v) is 1.69. The maximum atomic E-state index is 11.8. The van der Waals surface area contributed by atoms with Crippen molar-refractivity contribution in [2.24, 2.45) is 0 Å². The Morgan fingerprint density at radius 2 is 1.75 bits per heavy atom. The van der Waals surface area contributed by atoms with Crippen LogP contribution in [0.2, 0.25) is 0 Å². The van der Waals surface area contributed by atoms with Crippen molar-refractivity contribution < 1.29 is 4.79 Å². The van der Waals surface area contributed by atoms with Crippen LogP contribution in [0.25, 0.3) is 0 Å². The van der Waals surface area contributed by atoms with E-state index in [1.165, 1.54) is 6.33 Å². The molecule has 0 amide bonds. The van der Waals surface area contributed by atoms with E-state index >= 15 is 0 Å². The van der Waals surface area contributed by atoms with E-state index in [0.717, 1.165) is 9.13 Å². The number of aromatic nitrogens is 2. The molecule has 0 aliphatic carbocycles. The van der Waals surface area contributed by atoms with Gasteiger partial charge in [-0.05, 0) is 40.3 Å². The molecule has 1 aromatic carbocycles. The van der Waals surface area contributed by atoms with Gasteiger partial charge in [0.05, 0.1) is 5.56 Å². The lowest BCUT2D eigenvalue weighted by Gasteiger charge is -2.00. The first-order valence-corrected chi connectivity index (χ1v) is 5.86. The maximum Gasteiger partial charge on any atom is 0.170 e. The van der Waals surface area contributed by atoms with Gasteiger partial charge in [0.1, 0.15) is 6.33 Å². The highest BCUT2D eigenvalue weighted by Crippen LogP contribution is 2.09. The van der Waals surface area contributed by atoms with Crippen molar-refractivity contribution in [2.75, 3.05) is 0 Å². The summed E-state index contributed by atoms with van der Waals surface area (Å²) in [5.74, 6) is 0.0433. The number of benzene rings is 1. The van der Waals surface area contributed by atoms with Gasteiger partial charge >= 0.3 is 0 Å². The highest BCUT2D eigenvalue weighted by Gasteiger charge is 2.06. The lowest BCUT2D eigenvalue weighted by molar-refractivity contribution is 0.0992. The molecule has 2 rings (SSSR count). The second-order valence-corrected chi connectivity index (χ2v) is 4.60. The van der Waals surface area contributed by atoms with E-state index in [-0.39, 0.29) is 5.78 Å². The summed E-state index contributed by atoms with van der Waals surface area (Å²) < 4.78 is 1.16. The molecule has 80 valence electrons. The van der Waals surface area contributed by atoms with Crippen molar-refractivity contribution in [1.82, 2.24) is 9.97 Å². The molecule has 2 aromatic rings. The van der Waals surface area contributed by atoms with Crippen LogP contribution in [0.4, 0.5) is 0 Å². The Bertz CT molecular complexity index is 482. The fraction of sp³-hybridized carbons (Fsp3) is 0.0833. The van der Waals surface area contributed by atoms with Gasteiger partial charge in [-0.15, -0.1) is 0 Å². The van der Waals surface area contributed by atoms with Gasteiger partial charge in [-0.3, -0.25) is 4.79 Å².